The van der Waals surface area contributed by atoms with Crippen LogP contribution in [0.5, 0.6) is 0 Å². The fourth-order valence-corrected chi connectivity index (χ4v) is 0.760. The Morgan fingerprint density at radius 3 is 1.93 bits per heavy atom. The van der Waals surface area contributed by atoms with E-state index in [1.54, 1.807) is 18.3 Å². The highest BCUT2D eigenvalue weighted by Crippen LogP contribution is 1.67. The number of pyridine rings is 1. The van der Waals surface area contributed by atoms with Gasteiger partial charge in [-0.3, -0.25) is 14.6 Å². The van der Waals surface area contributed by atoms with Crippen LogP contribution in [0.1, 0.15) is 0 Å². The summed E-state index contributed by atoms with van der Waals surface area (Å²) in [6.45, 7) is 0. The van der Waals surface area contributed by atoms with Gasteiger partial charge in [-0.1, -0.05) is 6.07 Å². The molecule has 3 N–H and O–H groups in total. The van der Waals surface area contributed by atoms with Crippen molar-refractivity contribution in [2.24, 2.45) is 0 Å². The van der Waals surface area contributed by atoms with Crippen LogP contribution in [0.15, 0.2) is 51.0 Å². The van der Waals surface area contributed by atoms with Crippen LogP contribution in [-0.2, 0) is 0 Å². The molecule has 2 aromatic rings. The summed E-state index contributed by atoms with van der Waals surface area (Å²) in [7, 11) is 0. The maximum atomic E-state index is 10.2. The number of aromatic amines is 3. The summed E-state index contributed by atoms with van der Waals surface area (Å²) in [6.07, 6.45) is 2.89. The molecule has 6 heteroatoms. The van der Waals surface area contributed by atoms with Crippen molar-refractivity contribution in [2.75, 3.05) is 0 Å². The second kappa shape index (κ2) is 5.38. The predicted octanol–water partition coefficient (Wildman–Crippen LogP) is -0.562. The van der Waals surface area contributed by atoms with Crippen molar-refractivity contribution < 1.29 is 0 Å². The number of H-pyrrole nitrogens is 3. The van der Waals surface area contributed by atoms with E-state index >= 15 is 0 Å². The molecular weight excluding hydrogens is 198 g/mol. The van der Waals surface area contributed by atoms with Crippen molar-refractivity contribution in [1.82, 2.24) is 15.0 Å². The van der Waals surface area contributed by atoms with Crippen molar-refractivity contribution in [1.29, 1.82) is 0 Å². The van der Waals surface area contributed by atoms with Crippen LogP contribution >= 0.6 is 0 Å². The molecule has 0 amide bonds. The van der Waals surface area contributed by atoms with Gasteiger partial charge in [-0.2, -0.15) is 0 Å². The Kier molecular flexibility index (Phi) is 3.84. The molecule has 0 aliphatic rings. The monoisotopic (exact) mass is 207 g/mol. The van der Waals surface area contributed by atoms with Gasteiger partial charge in [0, 0.05) is 24.5 Å². The summed E-state index contributed by atoms with van der Waals surface area (Å²) < 4.78 is 0. The number of rotatable bonds is 0. The van der Waals surface area contributed by atoms with Crippen molar-refractivity contribution in [3.05, 3.63) is 67.9 Å². The summed E-state index contributed by atoms with van der Waals surface area (Å²) in [5.41, 5.74) is -0.909. The Balaban J connectivity index is 0.000000151. The fraction of sp³-hybridized carbons (Fsp3) is 0. The summed E-state index contributed by atoms with van der Waals surface area (Å²) in [5.74, 6) is 0. The van der Waals surface area contributed by atoms with E-state index in [9.17, 15) is 14.4 Å². The summed E-state index contributed by atoms with van der Waals surface area (Å²) in [4.78, 5) is 37.3. The Morgan fingerprint density at radius 2 is 1.60 bits per heavy atom. The van der Waals surface area contributed by atoms with Crippen LogP contribution in [0.3, 0.4) is 0 Å². The standard InChI is InChI=1S/C5H5NO.C4H4N2O2/c7-5-3-1-2-4-6-5;7-3-1-2-5-4(8)6-3/h1-4H,(H,6,7);1-2H,(H2,5,6,7,8). The smallest absolute Gasteiger partial charge is 0.325 e. The third-order valence-corrected chi connectivity index (χ3v) is 1.37. The van der Waals surface area contributed by atoms with Gasteiger partial charge in [0.15, 0.2) is 0 Å². The number of hydrogen-bond acceptors (Lipinski definition) is 3. The number of nitrogens with one attached hydrogen (secondary N) is 3. The van der Waals surface area contributed by atoms with E-state index in [4.69, 9.17) is 0 Å². The van der Waals surface area contributed by atoms with Crippen LogP contribution in [-0.4, -0.2) is 15.0 Å². The molecular formula is C9H9N3O3. The van der Waals surface area contributed by atoms with Crippen LogP contribution in [0, 0.1) is 0 Å². The molecule has 0 unspecified atom stereocenters. The average molecular weight is 207 g/mol. The van der Waals surface area contributed by atoms with Crippen LogP contribution in [0.25, 0.3) is 0 Å². The lowest BCUT2D eigenvalue weighted by atomic mass is 10.5. The lowest BCUT2D eigenvalue weighted by Crippen LogP contribution is -2.19. The molecule has 0 saturated heterocycles. The van der Waals surface area contributed by atoms with E-state index < -0.39 is 5.69 Å². The molecule has 78 valence electrons. The second-order valence-corrected chi connectivity index (χ2v) is 2.52. The lowest BCUT2D eigenvalue weighted by Gasteiger charge is -1.75. The third kappa shape index (κ3) is 4.41. The highest BCUT2D eigenvalue weighted by atomic mass is 16.2. The van der Waals surface area contributed by atoms with Crippen LogP contribution in [0.2, 0.25) is 0 Å². The number of hydrogen-bond donors (Lipinski definition) is 3. The Morgan fingerprint density at radius 1 is 0.800 bits per heavy atom. The topological polar surface area (TPSA) is 98.6 Å². The molecule has 0 aliphatic carbocycles. The zero-order valence-electron chi connectivity index (χ0n) is 7.69. The average Bonchev–Trinajstić information content (AvgIpc) is 2.19. The van der Waals surface area contributed by atoms with Gasteiger partial charge in [0.05, 0.1) is 0 Å². The van der Waals surface area contributed by atoms with Crippen molar-refractivity contribution >= 4 is 0 Å². The van der Waals surface area contributed by atoms with Gasteiger partial charge in [-0.05, 0) is 6.07 Å². The van der Waals surface area contributed by atoms with Gasteiger partial charge in [0.25, 0.3) is 5.56 Å². The first-order valence-electron chi connectivity index (χ1n) is 4.10. The molecule has 2 rings (SSSR count). The number of aromatic nitrogens is 3. The van der Waals surface area contributed by atoms with Crippen LogP contribution in [0.4, 0.5) is 0 Å². The van der Waals surface area contributed by atoms with Crippen molar-refractivity contribution in [2.45, 2.75) is 0 Å². The van der Waals surface area contributed by atoms with Crippen molar-refractivity contribution in [3.63, 3.8) is 0 Å². The van der Waals surface area contributed by atoms with E-state index in [0.29, 0.717) is 0 Å². The van der Waals surface area contributed by atoms with Gasteiger partial charge in [0.2, 0.25) is 5.56 Å². The summed E-state index contributed by atoms with van der Waals surface area (Å²) in [5, 5.41) is 0. The van der Waals surface area contributed by atoms with E-state index in [1.165, 1.54) is 18.3 Å². The van der Waals surface area contributed by atoms with E-state index in [0.717, 1.165) is 0 Å². The molecule has 0 spiro atoms. The molecule has 0 fully saturated rings. The van der Waals surface area contributed by atoms with E-state index in [2.05, 4.69) is 9.97 Å². The minimum atomic E-state index is -0.475. The molecule has 2 aromatic heterocycles. The van der Waals surface area contributed by atoms with Crippen molar-refractivity contribution in [3.8, 4) is 0 Å². The third-order valence-electron chi connectivity index (χ3n) is 1.37. The van der Waals surface area contributed by atoms with E-state index in [1.807, 2.05) is 4.98 Å². The molecule has 0 radical (unpaired) electrons. The molecule has 0 atom stereocenters. The molecule has 0 bridgehead atoms. The summed E-state index contributed by atoms with van der Waals surface area (Å²) >= 11 is 0. The fourth-order valence-electron chi connectivity index (χ4n) is 0.760. The normalized spacial score (nSPS) is 8.80. The first-order valence-corrected chi connectivity index (χ1v) is 4.10. The molecule has 0 saturated carbocycles. The van der Waals surface area contributed by atoms with Gasteiger partial charge >= 0.3 is 5.69 Å². The quantitative estimate of drug-likeness (QED) is 0.539. The molecule has 0 aromatic carbocycles. The molecule has 15 heavy (non-hydrogen) atoms. The maximum absolute atomic E-state index is 10.2. The lowest BCUT2D eigenvalue weighted by molar-refractivity contribution is 1.04. The maximum Gasteiger partial charge on any atom is 0.325 e. The zero-order valence-corrected chi connectivity index (χ0v) is 7.69. The molecule has 6 nitrogen and oxygen atoms in total. The molecule has 2 heterocycles. The largest absolute Gasteiger partial charge is 0.329 e. The predicted molar refractivity (Wildman–Crippen MR) is 54.7 cm³/mol. The highest BCUT2D eigenvalue weighted by Gasteiger charge is 1.77. The van der Waals surface area contributed by atoms with E-state index in [-0.39, 0.29) is 11.1 Å². The van der Waals surface area contributed by atoms with Gasteiger partial charge in [-0.25, -0.2) is 4.79 Å². The highest BCUT2D eigenvalue weighted by molar-refractivity contribution is 4.89. The molecule has 0 aliphatic heterocycles. The Bertz CT molecular complexity index is 524. The minimum absolute atomic E-state index is 0.0532. The first-order chi connectivity index (χ1) is 7.18. The van der Waals surface area contributed by atoms with Crippen LogP contribution < -0.4 is 16.8 Å². The SMILES string of the molecule is O=c1cc[nH]c(=O)[nH]1.O=c1cccc[nH]1. The Labute approximate surface area is 83.6 Å². The van der Waals surface area contributed by atoms with Gasteiger partial charge < -0.3 is 9.97 Å². The summed E-state index contributed by atoms with van der Waals surface area (Å²) in [6, 6.07) is 6.17. The van der Waals surface area contributed by atoms with Gasteiger partial charge in [-0.15, -0.1) is 0 Å². The van der Waals surface area contributed by atoms with Gasteiger partial charge in [0.1, 0.15) is 0 Å². The second-order valence-electron chi connectivity index (χ2n) is 2.52. The minimum Gasteiger partial charge on any atom is -0.329 e. The zero-order chi connectivity index (χ0) is 11.1. The first kappa shape index (κ1) is 10.7. The Hall–Kier alpha value is -2.37.